The summed E-state index contributed by atoms with van der Waals surface area (Å²) >= 11 is 3.40. The van der Waals surface area contributed by atoms with E-state index < -0.39 is 0 Å². The molecule has 0 saturated carbocycles. The van der Waals surface area contributed by atoms with E-state index in [1.807, 2.05) is 19.1 Å². The average Bonchev–Trinajstić information content (AvgIpc) is 2.32. The van der Waals surface area contributed by atoms with Gasteiger partial charge in [0.1, 0.15) is 5.82 Å². The zero-order chi connectivity index (χ0) is 12.3. The highest BCUT2D eigenvalue weighted by Crippen LogP contribution is 2.20. The maximum Gasteiger partial charge on any atom is 0.123 e. The van der Waals surface area contributed by atoms with E-state index in [0.717, 1.165) is 21.4 Å². The first kappa shape index (κ1) is 12.0. The van der Waals surface area contributed by atoms with Crippen molar-refractivity contribution >= 4 is 21.6 Å². The van der Waals surface area contributed by atoms with Crippen molar-refractivity contribution in [2.75, 3.05) is 5.32 Å². The lowest BCUT2D eigenvalue weighted by atomic mass is 10.2. The van der Waals surface area contributed by atoms with Crippen LogP contribution in [-0.4, -0.2) is 4.98 Å². The van der Waals surface area contributed by atoms with E-state index in [0.29, 0.717) is 6.54 Å². The minimum Gasteiger partial charge on any atom is -0.379 e. The molecule has 0 radical (unpaired) electrons. The topological polar surface area (TPSA) is 24.9 Å². The number of anilines is 1. The van der Waals surface area contributed by atoms with E-state index >= 15 is 0 Å². The highest BCUT2D eigenvalue weighted by atomic mass is 79.9. The maximum absolute atomic E-state index is 13.1. The van der Waals surface area contributed by atoms with Gasteiger partial charge in [-0.1, -0.05) is 15.9 Å². The molecule has 2 aromatic rings. The van der Waals surface area contributed by atoms with Gasteiger partial charge in [0.15, 0.2) is 0 Å². The highest BCUT2D eigenvalue weighted by Gasteiger charge is 2.03. The number of halogens is 2. The minimum absolute atomic E-state index is 0.229. The molecule has 0 unspecified atom stereocenters. The van der Waals surface area contributed by atoms with E-state index in [2.05, 4.69) is 26.2 Å². The second-order valence-corrected chi connectivity index (χ2v) is 4.58. The van der Waals surface area contributed by atoms with E-state index in [1.54, 1.807) is 12.3 Å². The Kier molecular flexibility index (Phi) is 3.74. The number of hydrogen-bond donors (Lipinski definition) is 1. The third-order valence-electron chi connectivity index (χ3n) is 2.48. The zero-order valence-corrected chi connectivity index (χ0v) is 11.0. The number of nitrogens with one attached hydrogen (secondary N) is 1. The van der Waals surface area contributed by atoms with Gasteiger partial charge < -0.3 is 5.32 Å². The molecule has 1 heterocycles. The molecule has 1 N–H and O–H groups in total. The molecule has 0 spiro atoms. The Balaban J connectivity index is 2.12. The Labute approximate surface area is 108 Å². The monoisotopic (exact) mass is 294 g/mol. The van der Waals surface area contributed by atoms with Crippen LogP contribution in [0.2, 0.25) is 0 Å². The Morgan fingerprint density at radius 1 is 1.35 bits per heavy atom. The number of benzene rings is 1. The summed E-state index contributed by atoms with van der Waals surface area (Å²) in [6, 6.07) is 8.49. The predicted octanol–water partition coefficient (Wildman–Crippen LogP) is 3.90. The minimum atomic E-state index is -0.229. The quantitative estimate of drug-likeness (QED) is 0.928. The molecule has 0 aliphatic carbocycles. The molecule has 0 fully saturated rings. The number of rotatable bonds is 3. The van der Waals surface area contributed by atoms with Crippen molar-refractivity contribution in [2.45, 2.75) is 13.5 Å². The van der Waals surface area contributed by atoms with Gasteiger partial charge in [-0.25, -0.2) is 4.39 Å². The molecule has 0 amide bonds. The second-order valence-electron chi connectivity index (χ2n) is 3.73. The van der Waals surface area contributed by atoms with Gasteiger partial charge in [-0.05, 0) is 42.8 Å². The fourth-order valence-corrected chi connectivity index (χ4v) is 1.93. The molecular formula is C13H12BrFN2. The second kappa shape index (κ2) is 5.27. The fourth-order valence-electron chi connectivity index (χ4n) is 1.54. The van der Waals surface area contributed by atoms with E-state index in [1.165, 1.54) is 12.1 Å². The van der Waals surface area contributed by atoms with E-state index in [4.69, 9.17) is 0 Å². The Hall–Kier alpha value is -1.42. The molecule has 2 rings (SSSR count). The van der Waals surface area contributed by atoms with Crippen molar-refractivity contribution in [1.29, 1.82) is 0 Å². The molecule has 88 valence electrons. The smallest absolute Gasteiger partial charge is 0.123 e. The number of hydrogen-bond acceptors (Lipinski definition) is 2. The van der Waals surface area contributed by atoms with Crippen LogP contribution < -0.4 is 5.32 Å². The lowest BCUT2D eigenvalue weighted by Crippen LogP contribution is -2.02. The van der Waals surface area contributed by atoms with Gasteiger partial charge in [-0.15, -0.1) is 0 Å². The van der Waals surface area contributed by atoms with Gasteiger partial charge >= 0.3 is 0 Å². The van der Waals surface area contributed by atoms with E-state index in [9.17, 15) is 4.39 Å². The molecular weight excluding hydrogens is 283 g/mol. The van der Waals surface area contributed by atoms with Crippen molar-refractivity contribution in [3.63, 3.8) is 0 Å². The van der Waals surface area contributed by atoms with Crippen molar-refractivity contribution in [1.82, 2.24) is 4.98 Å². The lowest BCUT2D eigenvalue weighted by Gasteiger charge is -2.10. The Morgan fingerprint density at radius 3 is 2.94 bits per heavy atom. The molecule has 1 aromatic carbocycles. The Bertz CT molecular complexity index is 529. The van der Waals surface area contributed by atoms with Crippen LogP contribution in [-0.2, 0) is 6.54 Å². The van der Waals surface area contributed by atoms with Gasteiger partial charge in [-0.2, -0.15) is 0 Å². The van der Waals surface area contributed by atoms with Gasteiger partial charge in [0.25, 0.3) is 0 Å². The van der Waals surface area contributed by atoms with Crippen molar-refractivity contribution in [3.8, 4) is 0 Å². The maximum atomic E-state index is 13.1. The van der Waals surface area contributed by atoms with Gasteiger partial charge in [0.2, 0.25) is 0 Å². The molecule has 1 aromatic heterocycles. The summed E-state index contributed by atoms with van der Waals surface area (Å²) < 4.78 is 14.0. The molecule has 17 heavy (non-hydrogen) atoms. The number of nitrogens with zero attached hydrogens (tertiary/aromatic N) is 1. The summed E-state index contributed by atoms with van der Waals surface area (Å²) in [5.74, 6) is -0.229. The molecule has 0 aliphatic heterocycles. The molecule has 4 heteroatoms. The third-order valence-corrected chi connectivity index (χ3v) is 3.26. The zero-order valence-electron chi connectivity index (χ0n) is 9.37. The first-order valence-electron chi connectivity index (χ1n) is 5.26. The summed E-state index contributed by atoms with van der Waals surface area (Å²) in [6.45, 7) is 2.49. The highest BCUT2D eigenvalue weighted by molar-refractivity contribution is 9.10. The van der Waals surface area contributed by atoms with Crippen LogP contribution in [0.25, 0.3) is 0 Å². The summed E-state index contributed by atoms with van der Waals surface area (Å²) in [7, 11) is 0. The summed E-state index contributed by atoms with van der Waals surface area (Å²) in [5, 5.41) is 3.24. The normalized spacial score (nSPS) is 10.3. The largest absolute Gasteiger partial charge is 0.379 e. The first-order valence-corrected chi connectivity index (χ1v) is 6.05. The number of aryl methyl sites for hydroxylation is 1. The molecule has 2 nitrogen and oxygen atoms in total. The van der Waals surface area contributed by atoms with Gasteiger partial charge in [0, 0.05) is 17.2 Å². The fraction of sp³-hybridized carbons (Fsp3) is 0.154. The van der Waals surface area contributed by atoms with Crippen LogP contribution in [0, 0.1) is 12.7 Å². The average molecular weight is 295 g/mol. The molecule has 0 saturated heterocycles. The summed E-state index contributed by atoms with van der Waals surface area (Å²) in [4.78, 5) is 4.18. The standard InChI is InChI=1S/C13H12BrFN2/c1-9-13(3-2-6-16-9)17-8-10-7-11(15)4-5-12(10)14/h2-7,17H,8H2,1H3. The molecule has 0 bridgehead atoms. The third kappa shape index (κ3) is 3.03. The number of aromatic nitrogens is 1. The van der Waals surface area contributed by atoms with E-state index in [-0.39, 0.29) is 5.82 Å². The Morgan fingerprint density at radius 2 is 2.18 bits per heavy atom. The first-order chi connectivity index (χ1) is 8.16. The molecule has 0 aliphatic rings. The van der Waals surface area contributed by atoms with Crippen molar-refractivity contribution < 1.29 is 4.39 Å². The van der Waals surface area contributed by atoms with Gasteiger partial charge in [0.05, 0.1) is 11.4 Å². The van der Waals surface area contributed by atoms with Crippen LogP contribution in [0.1, 0.15) is 11.3 Å². The lowest BCUT2D eigenvalue weighted by molar-refractivity contribution is 0.625. The number of pyridine rings is 1. The van der Waals surface area contributed by atoms with Crippen LogP contribution in [0.5, 0.6) is 0 Å². The molecule has 0 atom stereocenters. The SMILES string of the molecule is Cc1ncccc1NCc1cc(F)ccc1Br. The van der Waals surface area contributed by atoms with Crippen LogP contribution in [0.15, 0.2) is 41.0 Å². The van der Waals surface area contributed by atoms with Crippen LogP contribution in [0.3, 0.4) is 0 Å². The van der Waals surface area contributed by atoms with Crippen molar-refractivity contribution in [3.05, 3.63) is 58.1 Å². The van der Waals surface area contributed by atoms with Crippen LogP contribution in [0.4, 0.5) is 10.1 Å². The van der Waals surface area contributed by atoms with Gasteiger partial charge in [-0.3, -0.25) is 4.98 Å². The predicted molar refractivity (Wildman–Crippen MR) is 70.4 cm³/mol. The van der Waals surface area contributed by atoms with Crippen molar-refractivity contribution in [2.24, 2.45) is 0 Å². The summed E-state index contributed by atoms with van der Waals surface area (Å²) in [5.41, 5.74) is 2.77. The summed E-state index contributed by atoms with van der Waals surface area (Å²) in [6.07, 6.45) is 1.75. The van der Waals surface area contributed by atoms with Crippen LogP contribution >= 0.6 is 15.9 Å².